The second-order valence-corrected chi connectivity index (χ2v) is 7.07. The molecule has 3 aromatic rings. The number of hydrogen-bond acceptors (Lipinski definition) is 4. The maximum atomic E-state index is 13.4. The Bertz CT molecular complexity index is 922. The molecule has 0 atom stereocenters. The van der Waals surface area contributed by atoms with E-state index < -0.39 is 11.7 Å². The van der Waals surface area contributed by atoms with E-state index in [0.29, 0.717) is 31.7 Å². The SMILES string of the molecule is Cc1onc(C(=O)Nc2c(Br)cc(F)cc2Br)c1COc1ccccc1. The van der Waals surface area contributed by atoms with Crippen molar-refractivity contribution >= 4 is 43.5 Å². The molecule has 26 heavy (non-hydrogen) atoms. The molecule has 0 saturated carbocycles. The molecule has 0 aliphatic rings. The van der Waals surface area contributed by atoms with Gasteiger partial charge in [-0.2, -0.15) is 0 Å². The summed E-state index contributed by atoms with van der Waals surface area (Å²) in [5.41, 5.74) is 1.05. The maximum absolute atomic E-state index is 13.4. The molecule has 1 aromatic heterocycles. The molecular weight excluding hydrogens is 471 g/mol. The first kappa shape index (κ1) is 18.6. The molecule has 0 aliphatic heterocycles. The summed E-state index contributed by atoms with van der Waals surface area (Å²) in [5.74, 6) is 0.240. The van der Waals surface area contributed by atoms with E-state index in [0.717, 1.165) is 0 Å². The lowest BCUT2D eigenvalue weighted by Gasteiger charge is -2.10. The second-order valence-electron chi connectivity index (χ2n) is 5.37. The van der Waals surface area contributed by atoms with Gasteiger partial charge in [0.05, 0.1) is 11.3 Å². The van der Waals surface area contributed by atoms with Gasteiger partial charge < -0.3 is 14.6 Å². The quantitative estimate of drug-likeness (QED) is 0.522. The van der Waals surface area contributed by atoms with Crippen LogP contribution in [0.2, 0.25) is 0 Å². The van der Waals surface area contributed by atoms with Gasteiger partial charge in [-0.1, -0.05) is 23.4 Å². The number of ether oxygens (including phenoxy) is 1. The van der Waals surface area contributed by atoms with Crippen LogP contribution in [-0.4, -0.2) is 11.1 Å². The van der Waals surface area contributed by atoms with Crippen molar-refractivity contribution in [2.75, 3.05) is 5.32 Å². The zero-order valence-corrected chi connectivity index (χ0v) is 16.7. The van der Waals surface area contributed by atoms with Crippen LogP contribution >= 0.6 is 31.9 Å². The summed E-state index contributed by atoms with van der Waals surface area (Å²) in [7, 11) is 0. The first-order valence-corrected chi connectivity index (χ1v) is 9.13. The predicted molar refractivity (Wildman–Crippen MR) is 102 cm³/mol. The van der Waals surface area contributed by atoms with Crippen molar-refractivity contribution in [2.45, 2.75) is 13.5 Å². The van der Waals surface area contributed by atoms with Crippen molar-refractivity contribution < 1.29 is 18.4 Å². The molecular formula is C18H13Br2FN2O3. The van der Waals surface area contributed by atoms with E-state index in [4.69, 9.17) is 9.26 Å². The van der Waals surface area contributed by atoms with Gasteiger partial charge in [0.1, 0.15) is 23.9 Å². The molecule has 0 spiro atoms. The Kier molecular flexibility index (Phi) is 5.73. The number of hydrogen-bond donors (Lipinski definition) is 1. The minimum Gasteiger partial charge on any atom is -0.489 e. The fourth-order valence-corrected chi connectivity index (χ4v) is 3.57. The maximum Gasteiger partial charge on any atom is 0.278 e. The molecule has 0 fully saturated rings. The lowest BCUT2D eigenvalue weighted by Crippen LogP contribution is -2.16. The van der Waals surface area contributed by atoms with Gasteiger partial charge in [-0.05, 0) is 63.0 Å². The molecule has 0 aliphatic carbocycles. The summed E-state index contributed by atoms with van der Waals surface area (Å²) in [6.07, 6.45) is 0. The summed E-state index contributed by atoms with van der Waals surface area (Å²) < 4.78 is 25.0. The zero-order valence-electron chi connectivity index (χ0n) is 13.6. The van der Waals surface area contributed by atoms with Gasteiger partial charge in [-0.15, -0.1) is 0 Å². The fraction of sp³-hybridized carbons (Fsp3) is 0.111. The van der Waals surface area contributed by atoms with Crippen LogP contribution in [0, 0.1) is 12.7 Å². The molecule has 2 aromatic carbocycles. The summed E-state index contributed by atoms with van der Waals surface area (Å²) >= 11 is 6.46. The van der Waals surface area contributed by atoms with Crippen LogP contribution in [0.4, 0.5) is 10.1 Å². The number of carbonyl (C=O) groups excluding carboxylic acids is 1. The molecule has 134 valence electrons. The lowest BCUT2D eigenvalue weighted by molar-refractivity contribution is 0.101. The van der Waals surface area contributed by atoms with Gasteiger partial charge in [0.25, 0.3) is 5.91 Å². The highest BCUT2D eigenvalue weighted by atomic mass is 79.9. The monoisotopic (exact) mass is 482 g/mol. The van der Waals surface area contributed by atoms with Gasteiger partial charge in [-0.25, -0.2) is 4.39 Å². The molecule has 5 nitrogen and oxygen atoms in total. The Labute approximate surface area is 165 Å². The number of halogens is 3. The Morgan fingerprint density at radius 1 is 1.23 bits per heavy atom. The molecule has 3 rings (SSSR count). The first-order chi connectivity index (χ1) is 12.5. The van der Waals surface area contributed by atoms with Crippen LogP contribution in [-0.2, 0) is 6.61 Å². The molecule has 1 amide bonds. The molecule has 0 bridgehead atoms. The number of amides is 1. The smallest absolute Gasteiger partial charge is 0.278 e. The van der Waals surface area contributed by atoms with E-state index in [1.807, 2.05) is 30.3 Å². The van der Waals surface area contributed by atoms with E-state index in [2.05, 4.69) is 42.3 Å². The lowest BCUT2D eigenvalue weighted by atomic mass is 10.2. The van der Waals surface area contributed by atoms with E-state index in [-0.39, 0.29) is 12.3 Å². The Hall–Kier alpha value is -2.19. The second kappa shape index (κ2) is 8.01. The molecule has 8 heteroatoms. The van der Waals surface area contributed by atoms with Crippen molar-refractivity contribution in [3.8, 4) is 5.75 Å². The van der Waals surface area contributed by atoms with Gasteiger partial charge in [0, 0.05) is 8.95 Å². The number of aromatic nitrogens is 1. The molecule has 0 unspecified atom stereocenters. The number of carbonyl (C=O) groups is 1. The van der Waals surface area contributed by atoms with Crippen molar-refractivity contribution in [1.82, 2.24) is 5.16 Å². The molecule has 1 heterocycles. The van der Waals surface area contributed by atoms with Crippen LogP contribution in [0.15, 0.2) is 55.9 Å². The minimum absolute atomic E-state index is 0.113. The topological polar surface area (TPSA) is 64.4 Å². The minimum atomic E-state index is -0.485. The number of rotatable bonds is 5. The highest BCUT2D eigenvalue weighted by molar-refractivity contribution is 9.11. The third-order valence-electron chi connectivity index (χ3n) is 3.57. The van der Waals surface area contributed by atoms with E-state index in [9.17, 15) is 9.18 Å². The van der Waals surface area contributed by atoms with Gasteiger partial charge in [-0.3, -0.25) is 4.79 Å². The standard InChI is InChI=1S/C18H13Br2FN2O3/c1-10-13(9-25-12-5-3-2-4-6-12)16(23-26-10)18(24)22-17-14(19)7-11(21)8-15(17)20/h2-8H,9H2,1H3,(H,22,24). The zero-order chi connectivity index (χ0) is 18.7. The summed E-state index contributed by atoms with van der Waals surface area (Å²) in [6.45, 7) is 1.84. The Morgan fingerprint density at radius 2 is 1.88 bits per heavy atom. The van der Waals surface area contributed by atoms with E-state index in [1.54, 1.807) is 6.92 Å². The van der Waals surface area contributed by atoms with Crippen molar-refractivity contribution in [2.24, 2.45) is 0 Å². The average molecular weight is 484 g/mol. The molecule has 0 radical (unpaired) electrons. The number of nitrogens with one attached hydrogen (secondary N) is 1. The Balaban J connectivity index is 1.80. The molecule has 0 saturated heterocycles. The number of benzene rings is 2. The van der Waals surface area contributed by atoms with Crippen molar-refractivity contribution in [3.63, 3.8) is 0 Å². The number of para-hydroxylation sites is 1. The van der Waals surface area contributed by atoms with Crippen LogP contribution in [0.25, 0.3) is 0 Å². The van der Waals surface area contributed by atoms with E-state index in [1.165, 1.54) is 12.1 Å². The summed E-state index contributed by atoms with van der Waals surface area (Å²) in [6, 6.07) is 11.7. The molecule has 1 N–H and O–H groups in total. The number of aryl methyl sites for hydroxylation is 1. The van der Waals surface area contributed by atoms with Gasteiger partial charge >= 0.3 is 0 Å². The van der Waals surface area contributed by atoms with Crippen LogP contribution in [0.1, 0.15) is 21.8 Å². The van der Waals surface area contributed by atoms with Crippen LogP contribution < -0.4 is 10.1 Å². The largest absolute Gasteiger partial charge is 0.489 e. The van der Waals surface area contributed by atoms with Crippen molar-refractivity contribution in [1.29, 1.82) is 0 Å². The normalized spacial score (nSPS) is 10.6. The highest BCUT2D eigenvalue weighted by Gasteiger charge is 2.22. The summed E-state index contributed by atoms with van der Waals surface area (Å²) in [4.78, 5) is 12.6. The third-order valence-corrected chi connectivity index (χ3v) is 4.82. The predicted octanol–water partition coefficient (Wildman–Crippen LogP) is 5.48. The van der Waals surface area contributed by atoms with Gasteiger partial charge in [0.2, 0.25) is 0 Å². The number of nitrogens with zero attached hydrogens (tertiary/aromatic N) is 1. The number of anilines is 1. The highest BCUT2D eigenvalue weighted by Crippen LogP contribution is 2.32. The summed E-state index contributed by atoms with van der Waals surface area (Å²) in [5, 5.41) is 6.53. The van der Waals surface area contributed by atoms with Crippen LogP contribution in [0.3, 0.4) is 0 Å². The van der Waals surface area contributed by atoms with Crippen LogP contribution in [0.5, 0.6) is 5.75 Å². The first-order valence-electron chi connectivity index (χ1n) is 7.54. The third kappa shape index (κ3) is 4.13. The fourth-order valence-electron chi connectivity index (χ4n) is 2.25. The van der Waals surface area contributed by atoms with Crippen molar-refractivity contribution in [3.05, 3.63) is 74.2 Å². The van der Waals surface area contributed by atoms with Gasteiger partial charge in [0.15, 0.2) is 5.69 Å². The Morgan fingerprint density at radius 3 is 2.54 bits per heavy atom. The average Bonchev–Trinajstić information content (AvgIpc) is 2.98. The van der Waals surface area contributed by atoms with E-state index >= 15 is 0 Å².